The maximum atomic E-state index is 12.4. The minimum atomic E-state index is -0.0914. The summed E-state index contributed by atoms with van der Waals surface area (Å²) in [6.45, 7) is 0.445. The van der Waals surface area contributed by atoms with E-state index in [1.165, 1.54) is 11.3 Å². The molecule has 4 nitrogen and oxygen atoms in total. The Kier molecular flexibility index (Phi) is 4.06. The van der Waals surface area contributed by atoms with Crippen LogP contribution in [0.2, 0.25) is 0 Å². The maximum absolute atomic E-state index is 12.4. The zero-order chi connectivity index (χ0) is 16.4. The standard InChI is InChI=1S/C18H13N3OS2/c22-18(12-5-6-14-16(9-12)24-11-21-14)20-10-13-3-1-7-19-17(13)15-4-2-8-23-15/h1-9,11H,10H2,(H,20,22). The van der Waals surface area contributed by atoms with Crippen LogP contribution in [0.25, 0.3) is 20.8 Å². The van der Waals surface area contributed by atoms with Crippen LogP contribution in [0.15, 0.2) is 59.6 Å². The third-order valence-corrected chi connectivity index (χ3v) is 5.35. The second-order valence-electron chi connectivity index (χ2n) is 5.21. The first-order valence-corrected chi connectivity index (χ1v) is 9.16. The van der Waals surface area contributed by atoms with Gasteiger partial charge in [-0.1, -0.05) is 12.1 Å². The molecule has 0 unspecified atom stereocenters. The molecule has 0 aliphatic rings. The lowest BCUT2D eigenvalue weighted by Gasteiger charge is -2.09. The zero-order valence-corrected chi connectivity index (χ0v) is 14.2. The van der Waals surface area contributed by atoms with E-state index >= 15 is 0 Å². The van der Waals surface area contributed by atoms with E-state index in [1.54, 1.807) is 29.1 Å². The molecule has 3 heterocycles. The average Bonchev–Trinajstić information content (AvgIpc) is 3.30. The minimum absolute atomic E-state index is 0.0914. The first kappa shape index (κ1) is 15.0. The highest BCUT2D eigenvalue weighted by atomic mass is 32.1. The second-order valence-corrected chi connectivity index (χ2v) is 7.04. The summed E-state index contributed by atoms with van der Waals surface area (Å²) in [5.41, 5.74) is 5.28. The summed E-state index contributed by atoms with van der Waals surface area (Å²) in [6, 6.07) is 13.5. The number of nitrogens with zero attached hydrogens (tertiary/aromatic N) is 2. The fraction of sp³-hybridized carbons (Fsp3) is 0.0556. The highest BCUT2D eigenvalue weighted by Crippen LogP contribution is 2.26. The predicted octanol–water partition coefficient (Wildman–Crippen LogP) is 4.35. The molecule has 0 spiro atoms. The van der Waals surface area contributed by atoms with Crippen LogP contribution in [0.4, 0.5) is 0 Å². The Morgan fingerprint density at radius 2 is 2.04 bits per heavy atom. The van der Waals surface area contributed by atoms with Crippen molar-refractivity contribution in [2.75, 3.05) is 0 Å². The maximum Gasteiger partial charge on any atom is 0.251 e. The van der Waals surface area contributed by atoms with Crippen molar-refractivity contribution < 1.29 is 4.79 Å². The van der Waals surface area contributed by atoms with Crippen LogP contribution in [0.1, 0.15) is 15.9 Å². The van der Waals surface area contributed by atoms with Crippen molar-refractivity contribution in [2.24, 2.45) is 0 Å². The van der Waals surface area contributed by atoms with Crippen LogP contribution in [0, 0.1) is 0 Å². The molecule has 0 aliphatic carbocycles. The van der Waals surface area contributed by atoms with E-state index in [1.807, 2.05) is 41.8 Å². The molecule has 0 fully saturated rings. The summed E-state index contributed by atoms with van der Waals surface area (Å²) >= 11 is 3.18. The van der Waals surface area contributed by atoms with Crippen molar-refractivity contribution in [3.63, 3.8) is 0 Å². The summed E-state index contributed by atoms with van der Waals surface area (Å²) in [4.78, 5) is 22.2. The summed E-state index contributed by atoms with van der Waals surface area (Å²) < 4.78 is 1.02. The molecule has 24 heavy (non-hydrogen) atoms. The Morgan fingerprint density at radius 3 is 2.92 bits per heavy atom. The first-order valence-electron chi connectivity index (χ1n) is 7.40. The fourth-order valence-corrected chi connectivity index (χ4v) is 3.96. The molecule has 1 aromatic carbocycles. The van der Waals surface area contributed by atoms with Gasteiger partial charge in [-0.05, 0) is 41.3 Å². The Labute approximate surface area is 146 Å². The number of aromatic nitrogens is 2. The summed E-state index contributed by atoms with van der Waals surface area (Å²) in [6.07, 6.45) is 1.78. The van der Waals surface area contributed by atoms with Crippen molar-refractivity contribution in [3.05, 3.63) is 70.7 Å². The largest absolute Gasteiger partial charge is 0.348 e. The molecule has 0 aliphatic heterocycles. The molecule has 6 heteroatoms. The Bertz CT molecular complexity index is 992. The second kappa shape index (κ2) is 6.51. The van der Waals surface area contributed by atoms with Crippen LogP contribution in [0.3, 0.4) is 0 Å². The molecule has 1 amide bonds. The number of hydrogen-bond acceptors (Lipinski definition) is 5. The average molecular weight is 351 g/mol. The molecule has 1 N–H and O–H groups in total. The van der Waals surface area contributed by atoms with E-state index in [9.17, 15) is 4.79 Å². The number of carbonyl (C=O) groups is 1. The Hall–Kier alpha value is -2.57. The van der Waals surface area contributed by atoms with E-state index in [0.29, 0.717) is 12.1 Å². The molecule has 0 radical (unpaired) electrons. The van der Waals surface area contributed by atoms with Gasteiger partial charge in [0.05, 0.1) is 26.3 Å². The number of thiophene rings is 1. The number of benzene rings is 1. The number of nitrogens with one attached hydrogen (secondary N) is 1. The molecule has 118 valence electrons. The third kappa shape index (κ3) is 2.93. The normalized spacial score (nSPS) is 10.8. The molecule has 0 saturated heterocycles. The monoisotopic (exact) mass is 351 g/mol. The van der Waals surface area contributed by atoms with Crippen molar-refractivity contribution in [1.82, 2.24) is 15.3 Å². The number of rotatable bonds is 4. The highest BCUT2D eigenvalue weighted by molar-refractivity contribution is 7.16. The predicted molar refractivity (Wildman–Crippen MR) is 98.3 cm³/mol. The molecule has 3 aromatic heterocycles. The van der Waals surface area contributed by atoms with E-state index in [4.69, 9.17) is 0 Å². The first-order chi connectivity index (χ1) is 11.8. The van der Waals surface area contributed by atoms with Gasteiger partial charge in [0.15, 0.2) is 0 Å². The molecule has 4 aromatic rings. The lowest BCUT2D eigenvalue weighted by atomic mass is 10.1. The number of carbonyl (C=O) groups excluding carboxylic acids is 1. The molecule has 0 saturated carbocycles. The van der Waals surface area contributed by atoms with E-state index in [0.717, 1.165) is 26.4 Å². The SMILES string of the molecule is O=C(NCc1cccnc1-c1cccs1)c1ccc2ncsc2c1. The van der Waals surface area contributed by atoms with Crippen LogP contribution < -0.4 is 5.32 Å². The molecule has 0 bridgehead atoms. The lowest BCUT2D eigenvalue weighted by Crippen LogP contribution is -2.23. The van der Waals surface area contributed by atoms with Gasteiger partial charge in [-0.2, -0.15) is 0 Å². The number of amides is 1. The lowest BCUT2D eigenvalue weighted by molar-refractivity contribution is 0.0951. The van der Waals surface area contributed by atoms with Crippen LogP contribution >= 0.6 is 22.7 Å². The van der Waals surface area contributed by atoms with Crippen LogP contribution in [0.5, 0.6) is 0 Å². The van der Waals surface area contributed by atoms with Crippen LogP contribution in [-0.4, -0.2) is 15.9 Å². The summed E-state index contributed by atoms with van der Waals surface area (Å²) in [5.74, 6) is -0.0914. The minimum Gasteiger partial charge on any atom is -0.348 e. The Balaban J connectivity index is 1.53. The molecule has 4 rings (SSSR count). The number of hydrogen-bond donors (Lipinski definition) is 1. The van der Waals surface area contributed by atoms with Gasteiger partial charge < -0.3 is 5.32 Å². The topological polar surface area (TPSA) is 54.9 Å². The highest BCUT2D eigenvalue weighted by Gasteiger charge is 2.11. The van der Waals surface area contributed by atoms with Crippen molar-refractivity contribution >= 4 is 38.8 Å². The van der Waals surface area contributed by atoms with Gasteiger partial charge >= 0.3 is 0 Å². The van der Waals surface area contributed by atoms with E-state index in [2.05, 4.69) is 15.3 Å². The molecule has 0 atom stereocenters. The third-order valence-electron chi connectivity index (χ3n) is 3.68. The van der Waals surface area contributed by atoms with Crippen LogP contribution in [-0.2, 0) is 6.54 Å². The Morgan fingerprint density at radius 1 is 1.08 bits per heavy atom. The fourth-order valence-electron chi connectivity index (χ4n) is 2.49. The number of pyridine rings is 1. The molecular weight excluding hydrogens is 338 g/mol. The number of fused-ring (bicyclic) bond motifs is 1. The van der Waals surface area contributed by atoms with Gasteiger partial charge in [0, 0.05) is 18.3 Å². The van der Waals surface area contributed by atoms with Gasteiger partial charge in [-0.15, -0.1) is 22.7 Å². The smallest absolute Gasteiger partial charge is 0.251 e. The van der Waals surface area contributed by atoms with Gasteiger partial charge in [0.25, 0.3) is 5.91 Å². The van der Waals surface area contributed by atoms with E-state index in [-0.39, 0.29) is 5.91 Å². The number of thiazole rings is 1. The quantitative estimate of drug-likeness (QED) is 0.595. The van der Waals surface area contributed by atoms with Crippen molar-refractivity contribution in [3.8, 4) is 10.6 Å². The van der Waals surface area contributed by atoms with Gasteiger partial charge in [-0.25, -0.2) is 4.98 Å². The molecular formula is C18H13N3OS2. The van der Waals surface area contributed by atoms with Gasteiger partial charge in [-0.3, -0.25) is 9.78 Å². The van der Waals surface area contributed by atoms with E-state index < -0.39 is 0 Å². The zero-order valence-electron chi connectivity index (χ0n) is 12.6. The van der Waals surface area contributed by atoms with Gasteiger partial charge in [0.1, 0.15) is 0 Å². The summed E-state index contributed by atoms with van der Waals surface area (Å²) in [7, 11) is 0. The van der Waals surface area contributed by atoms with Crippen molar-refractivity contribution in [1.29, 1.82) is 0 Å². The van der Waals surface area contributed by atoms with Crippen molar-refractivity contribution in [2.45, 2.75) is 6.54 Å². The van der Waals surface area contributed by atoms with Gasteiger partial charge in [0.2, 0.25) is 0 Å². The summed E-state index contributed by atoms with van der Waals surface area (Å²) in [5, 5.41) is 5.01.